The van der Waals surface area contributed by atoms with Gasteiger partial charge in [0.1, 0.15) is 0 Å². The second-order valence-corrected chi connectivity index (χ2v) is 6.30. The monoisotopic (exact) mass is 222 g/mol. The Morgan fingerprint density at radius 3 is 1.93 bits per heavy atom. The van der Waals surface area contributed by atoms with Crippen LogP contribution >= 0.6 is 0 Å². The Kier molecular flexibility index (Phi) is 4.58. The first-order chi connectivity index (χ1) is 6.25. The van der Waals surface area contributed by atoms with E-state index in [1.165, 1.54) is 0 Å². The van der Waals surface area contributed by atoms with Gasteiger partial charge in [0.15, 0.2) is 15.1 Å². The molecule has 14 heavy (non-hydrogen) atoms. The summed E-state index contributed by atoms with van der Waals surface area (Å²) in [6, 6.07) is 0. The fraction of sp³-hybridized carbons (Fsp3) is 0.889. The van der Waals surface area contributed by atoms with E-state index in [4.69, 9.17) is 5.11 Å². The molecule has 0 heterocycles. The molecule has 5 heteroatoms. The minimum atomic E-state index is -3.55. The Bertz CT molecular complexity index is 292. The molecule has 0 rings (SSSR count). The fourth-order valence-corrected chi connectivity index (χ4v) is 3.29. The second-order valence-electron chi connectivity index (χ2n) is 3.81. The molecule has 0 fully saturated rings. The Labute approximate surface area is 85.2 Å². The number of rotatable bonds is 5. The lowest BCUT2D eigenvalue weighted by atomic mass is 10.1. The summed E-state index contributed by atoms with van der Waals surface area (Å²) in [5.41, 5.74) is 0. The highest BCUT2D eigenvalue weighted by molar-refractivity contribution is 7.93. The molecule has 0 aromatic heterocycles. The van der Waals surface area contributed by atoms with Crippen LogP contribution in [-0.2, 0) is 14.6 Å². The van der Waals surface area contributed by atoms with Gasteiger partial charge >= 0.3 is 5.97 Å². The number of aliphatic carboxylic acids is 1. The molecule has 0 aromatic carbocycles. The molecule has 0 amide bonds. The zero-order valence-corrected chi connectivity index (χ0v) is 9.84. The predicted octanol–water partition coefficient (Wildman–Crippen LogP) is 1.31. The first-order valence-electron chi connectivity index (χ1n) is 4.70. The maximum absolute atomic E-state index is 11.8. The topological polar surface area (TPSA) is 71.4 Å². The van der Waals surface area contributed by atoms with Gasteiger partial charge in [-0.05, 0) is 19.3 Å². The van der Waals surface area contributed by atoms with Crippen molar-refractivity contribution in [1.29, 1.82) is 0 Å². The SMILES string of the molecule is CCC(C)S(=O)(=O)C(C(=O)O)C(C)C. The van der Waals surface area contributed by atoms with E-state index in [2.05, 4.69) is 0 Å². The summed E-state index contributed by atoms with van der Waals surface area (Å²) in [5, 5.41) is 6.97. The van der Waals surface area contributed by atoms with Crippen LogP contribution in [0.3, 0.4) is 0 Å². The number of carboxylic acids is 1. The molecule has 2 unspecified atom stereocenters. The molecule has 0 aromatic rings. The molecule has 0 saturated heterocycles. The van der Waals surface area contributed by atoms with E-state index in [9.17, 15) is 13.2 Å². The number of carboxylic acid groups (broad SMARTS) is 1. The van der Waals surface area contributed by atoms with Crippen LogP contribution in [0.1, 0.15) is 34.1 Å². The van der Waals surface area contributed by atoms with Gasteiger partial charge in [-0.15, -0.1) is 0 Å². The molecule has 0 bridgehead atoms. The second kappa shape index (κ2) is 4.77. The molecule has 84 valence electrons. The smallest absolute Gasteiger partial charge is 0.322 e. The molecular formula is C9H18O4S. The van der Waals surface area contributed by atoms with Gasteiger partial charge in [0.2, 0.25) is 0 Å². The van der Waals surface area contributed by atoms with Crippen LogP contribution in [-0.4, -0.2) is 30.0 Å². The number of hydrogen-bond acceptors (Lipinski definition) is 3. The Morgan fingerprint density at radius 2 is 1.71 bits per heavy atom. The summed E-state index contributed by atoms with van der Waals surface area (Å²) >= 11 is 0. The lowest BCUT2D eigenvalue weighted by Gasteiger charge is -2.20. The van der Waals surface area contributed by atoms with Crippen molar-refractivity contribution < 1.29 is 18.3 Å². The first-order valence-corrected chi connectivity index (χ1v) is 6.31. The van der Waals surface area contributed by atoms with Crippen LogP contribution < -0.4 is 0 Å². The highest BCUT2D eigenvalue weighted by atomic mass is 32.2. The van der Waals surface area contributed by atoms with Crippen LogP contribution in [0.4, 0.5) is 0 Å². The number of carbonyl (C=O) groups is 1. The lowest BCUT2D eigenvalue weighted by Crippen LogP contribution is -2.39. The van der Waals surface area contributed by atoms with Gasteiger partial charge in [-0.25, -0.2) is 8.42 Å². The average molecular weight is 222 g/mol. The maximum atomic E-state index is 11.8. The normalized spacial score (nSPS) is 16.6. The van der Waals surface area contributed by atoms with Crippen LogP contribution in [0.15, 0.2) is 0 Å². The van der Waals surface area contributed by atoms with Crippen molar-refractivity contribution >= 4 is 15.8 Å². The third-order valence-electron chi connectivity index (χ3n) is 2.34. The summed E-state index contributed by atoms with van der Waals surface area (Å²) in [5.74, 6) is -1.65. The van der Waals surface area contributed by atoms with E-state index in [0.29, 0.717) is 6.42 Å². The molecule has 4 nitrogen and oxygen atoms in total. The minimum absolute atomic E-state index is 0.397. The third-order valence-corrected chi connectivity index (χ3v) is 5.25. The van der Waals surface area contributed by atoms with Gasteiger partial charge in [-0.2, -0.15) is 0 Å². The van der Waals surface area contributed by atoms with Gasteiger partial charge in [0.05, 0.1) is 5.25 Å². The van der Waals surface area contributed by atoms with Crippen molar-refractivity contribution in [3.8, 4) is 0 Å². The summed E-state index contributed by atoms with van der Waals surface area (Å²) in [4.78, 5) is 10.8. The first kappa shape index (κ1) is 13.4. The average Bonchev–Trinajstić information content (AvgIpc) is 2.00. The summed E-state index contributed by atoms with van der Waals surface area (Å²) in [6.07, 6.45) is 0.443. The number of sulfone groups is 1. The van der Waals surface area contributed by atoms with E-state index >= 15 is 0 Å². The summed E-state index contributed by atoms with van der Waals surface area (Å²) < 4.78 is 23.5. The Hall–Kier alpha value is -0.580. The molecule has 0 aliphatic heterocycles. The van der Waals surface area contributed by atoms with Crippen molar-refractivity contribution in [2.45, 2.75) is 44.6 Å². The molecular weight excluding hydrogens is 204 g/mol. The lowest BCUT2D eigenvalue weighted by molar-refractivity contribution is -0.137. The van der Waals surface area contributed by atoms with Gasteiger partial charge in [0, 0.05) is 0 Å². The highest BCUT2D eigenvalue weighted by Gasteiger charge is 2.38. The van der Waals surface area contributed by atoms with Crippen LogP contribution in [0.2, 0.25) is 0 Å². The van der Waals surface area contributed by atoms with Crippen LogP contribution in [0.25, 0.3) is 0 Å². The fourth-order valence-electron chi connectivity index (χ4n) is 1.29. The largest absolute Gasteiger partial charge is 0.480 e. The zero-order valence-electron chi connectivity index (χ0n) is 9.02. The summed E-state index contributed by atoms with van der Waals surface area (Å²) in [6.45, 7) is 6.51. The van der Waals surface area contributed by atoms with Gasteiger partial charge in [-0.3, -0.25) is 4.79 Å². The molecule has 0 radical (unpaired) electrons. The quantitative estimate of drug-likeness (QED) is 0.761. The van der Waals surface area contributed by atoms with Gasteiger partial charge in [0.25, 0.3) is 0 Å². The van der Waals surface area contributed by atoms with E-state index < -0.39 is 32.2 Å². The van der Waals surface area contributed by atoms with Gasteiger partial charge < -0.3 is 5.11 Å². The minimum Gasteiger partial charge on any atom is -0.480 e. The number of hydrogen-bond donors (Lipinski definition) is 1. The van der Waals surface area contributed by atoms with E-state index in [0.717, 1.165) is 0 Å². The van der Waals surface area contributed by atoms with Crippen molar-refractivity contribution in [2.75, 3.05) is 0 Å². The third kappa shape index (κ3) is 2.70. The van der Waals surface area contributed by atoms with Gasteiger partial charge in [-0.1, -0.05) is 20.8 Å². The van der Waals surface area contributed by atoms with E-state index in [1.807, 2.05) is 0 Å². The predicted molar refractivity (Wildman–Crippen MR) is 54.9 cm³/mol. The summed E-state index contributed by atoms with van der Waals surface area (Å²) in [7, 11) is -3.55. The van der Waals surface area contributed by atoms with Crippen LogP contribution in [0, 0.1) is 5.92 Å². The molecule has 0 aliphatic carbocycles. The molecule has 2 atom stereocenters. The van der Waals surface area contributed by atoms with Crippen molar-refractivity contribution in [3.63, 3.8) is 0 Å². The zero-order chi connectivity index (χ0) is 11.5. The molecule has 0 saturated carbocycles. The standard InChI is InChI=1S/C9H18O4S/c1-5-7(4)14(12,13)8(6(2)3)9(10)11/h6-8H,5H2,1-4H3,(H,10,11). The van der Waals surface area contributed by atoms with Crippen molar-refractivity contribution in [1.82, 2.24) is 0 Å². The van der Waals surface area contributed by atoms with Crippen molar-refractivity contribution in [3.05, 3.63) is 0 Å². The Balaban J connectivity index is 5.12. The van der Waals surface area contributed by atoms with Crippen molar-refractivity contribution in [2.24, 2.45) is 5.92 Å². The molecule has 0 aliphatic rings. The molecule has 1 N–H and O–H groups in total. The molecule has 0 spiro atoms. The van der Waals surface area contributed by atoms with E-state index in [1.54, 1.807) is 27.7 Å². The highest BCUT2D eigenvalue weighted by Crippen LogP contribution is 2.19. The maximum Gasteiger partial charge on any atom is 0.322 e. The Morgan fingerprint density at radius 1 is 1.29 bits per heavy atom. The van der Waals surface area contributed by atoms with E-state index in [-0.39, 0.29) is 0 Å². The van der Waals surface area contributed by atoms with Crippen LogP contribution in [0.5, 0.6) is 0 Å².